The first kappa shape index (κ1) is 19.6. The Morgan fingerprint density at radius 2 is 1.90 bits per heavy atom. The SMILES string of the molecule is CC1(O)CCCC1n1cc(-c2ccc3c(c2)C(=O)N(C2CCC(=O)NC2=O)C3=O)nn1. The van der Waals surface area contributed by atoms with Crippen molar-refractivity contribution < 1.29 is 24.3 Å². The first-order valence-electron chi connectivity index (χ1n) is 10.3. The van der Waals surface area contributed by atoms with E-state index in [2.05, 4.69) is 15.6 Å². The number of aliphatic hydroxyl groups is 1. The van der Waals surface area contributed by atoms with E-state index in [9.17, 15) is 24.3 Å². The van der Waals surface area contributed by atoms with Crippen LogP contribution in [0.3, 0.4) is 0 Å². The zero-order valence-electron chi connectivity index (χ0n) is 16.9. The highest BCUT2D eigenvalue weighted by Crippen LogP contribution is 2.39. The molecule has 1 saturated carbocycles. The summed E-state index contributed by atoms with van der Waals surface area (Å²) >= 11 is 0. The maximum Gasteiger partial charge on any atom is 0.262 e. The molecule has 4 amide bonds. The molecule has 3 atom stereocenters. The molecule has 10 nitrogen and oxygen atoms in total. The van der Waals surface area contributed by atoms with Crippen LogP contribution in [-0.4, -0.2) is 60.3 Å². The van der Waals surface area contributed by atoms with Crippen LogP contribution in [0.15, 0.2) is 24.4 Å². The largest absolute Gasteiger partial charge is 0.388 e. The van der Waals surface area contributed by atoms with Gasteiger partial charge in [0.25, 0.3) is 11.8 Å². The molecule has 3 aliphatic rings. The lowest BCUT2D eigenvalue weighted by Gasteiger charge is -2.27. The fraction of sp³-hybridized carbons (Fsp3) is 0.429. The summed E-state index contributed by atoms with van der Waals surface area (Å²) in [4.78, 5) is 50.3. The summed E-state index contributed by atoms with van der Waals surface area (Å²) in [7, 11) is 0. The minimum Gasteiger partial charge on any atom is -0.388 e. The van der Waals surface area contributed by atoms with E-state index in [1.54, 1.807) is 36.0 Å². The standard InChI is InChI=1S/C21H21N5O5/c1-21(31)8-2-3-16(21)25-10-14(23-24-25)11-4-5-12-13(9-11)20(30)26(19(12)29)15-6-7-17(27)22-18(15)28/h4-5,9-10,15-16,31H,2-3,6-8H2,1H3,(H,22,27,28). The van der Waals surface area contributed by atoms with Crippen LogP contribution in [0.1, 0.15) is 65.8 Å². The molecule has 1 aliphatic carbocycles. The predicted octanol–water partition coefficient (Wildman–Crippen LogP) is 0.822. The molecule has 5 rings (SSSR count). The first-order valence-corrected chi connectivity index (χ1v) is 10.3. The summed E-state index contributed by atoms with van der Waals surface area (Å²) in [5.74, 6) is -2.17. The van der Waals surface area contributed by atoms with E-state index in [1.807, 2.05) is 0 Å². The number of nitrogens with zero attached hydrogens (tertiary/aromatic N) is 4. The van der Waals surface area contributed by atoms with Crippen LogP contribution < -0.4 is 5.32 Å². The van der Waals surface area contributed by atoms with Gasteiger partial charge in [-0.3, -0.25) is 29.4 Å². The summed E-state index contributed by atoms with van der Waals surface area (Å²) in [5.41, 5.74) is 0.673. The molecule has 10 heteroatoms. The molecule has 0 radical (unpaired) electrons. The summed E-state index contributed by atoms with van der Waals surface area (Å²) in [5, 5.41) is 21.1. The predicted molar refractivity (Wildman–Crippen MR) is 106 cm³/mol. The van der Waals surface area contributed by atoms with Gasteiger partial charge in [0.1, 0.15) is 11.7 Å². The highest BCUT2D eigenvalue weighted by molar-refractivity contribution is 6.23. The molecule has 1 aromatic carbocycles. The number of carbonyl (C=O) groups is 4. The number of carbonyl (C=O) groups excluding carboxylic acids is 4. The third kappa shape index (κ3) is 3.05. The normalized spacial score (nSPS) is 28.3. The van der Waals surface area contributed by atoms with Crippen molar-refractivity contribution in [1.82, 2.24) is 25.2 Å². The molecule has 2 N–H and O–H groups in total. The van der Waals surface area contributed by atoms with Gasteiger partial charge in [-0.25, -0.2) is 4.68 Å². The number of fused-ring (bicyclic) bond motifs is 1. The Balaban J connectivity index is 1.44. The Labute approximate surface area is 177 Å². The van der Waals surface area contributed by atoms with E-state index in [0.29, 0.717) is 17.7 Å². The van der Waals surface area contributed by atoms with Gasteiger partial charge in [0.15, 0.2) is 0 Å². The minimum atomic E-state index is -1.00. The molecule has 1 aromatic heterocycles. The average molecular weight is 423 g/mol. The van der Waals surface area contributed by atoms with Crippen LogP contribution in [0.5, 0.6) is 0 Å². The maximum atomic E-state index is 13.0. The van der Waals surface area contributed by atoms with Crippen molar-refractivity contribution in [1.29, 1.82) is 0 Å². The number of nitrogens with one attached hydrogen (secondary N) is 1. The Morgan fingerprint density at radius 3 is 2.61 bits per heavy atom. The van der Waals surface area contributed by atoms with Crippen molar-refractivity contribution in [2.75, 3.05) is 0 Å². The van der Waals surface area contributed by atoms with Crippen LogP contribution in [-0.2, 0) is 9.59 Å². The van der Waals surface area contributed by atoms with E-state index in [0.717, 1.165) is 17.7 Å². The molecule has 3 heterocycles. The molecule has 3 unspecified atom stereocenters. The monoisotopic (exact) mass is 423 g/mol. The van der Waals surface area contributed by atoms with Crippen LogP contribution >= 0.6 is 0 Å². The Bertz CT molecular complexity index is 1140. The third-order valence-corrected chi connectivity index (χ3v) is 6.44. The minimum absolute atomic E-state index is 0.0725. The number of imide groups is 2. The molecular weight excluding hydrogens is 402 g/mol. The van der Waals surface area contributed by atoms with Crippen LogP contribution in [0, 0.1) is 0 Å². The fourth-order valence-corrected chi connectivity index (χ4v) is 4.74. The Kier molecular flexibility index (Phi) is 4.30. The van der Waals surface area contributed by atoms with E-state index < -0.39 is 35.3 Å². The smallest absolute Gasteiger partial charge is 0.262 e. The van der Waals surface area contributed by atoms with Gasteiger partial charge in [-0.2, -0.15) is 0 Å². The van der Waals surface area contributed by atoms with Crippen molar-refractivity contribution in [3.63, 3.8) is 0 Å². The topological polar surface area (TPSA) is 134 Å². The van der Waals surface area contributed by atoms with E-state index in [4.69, 9.17) is 0 Å². The van der Waals surface area contributed by atoms with Crippen molar-refractivity contribution in [3.8, 4) is 11.3 Å². The molecular formula is C21H21N5O5. The van der Waals surface area contributed by atoms with Gasteiger partial charge in [-0.05, 0) is 44.7 Å². The maximum absolute atomic E-state index is 13.0. The Hall–Kier alpha value is -3.40. The number of rotatable bonds is 3. The quantitative estimate of drug-likeness (QED) is 0.698. The van der Waals surface area contributed by atoms with Gasteiger partial charge >= 0.3 is 0 Å². The first-order chi connectivity index (χ1) is 14.8. The zero-order valence-corrected chi connectivity index (χ0v) is 16.9. The second kappa shape index (κ2) is 6.81. The van der Waals surface area contributed by atoms with Crippen molar-refractivity contribution in [2.24, 2.45) is 0 Å². The van der Waals surface area contributed by atoms with Crippen molar-refractivity contribution in [3.05, 3.63) is 35.5 Å². The summed E-state index contributed by atoms with van der Waals surface area (Å²) < 4.78 is 1.65. The van der Waals surface area contributed by atoms with Gasteiger partial charge in [0.2, 0.25) is 11.8 Å². The second-order valence-electron chi connectivity index (χ2n) is 8.56. The van der Waals surface area contributed by atoms with Crippen LogP contribution in [0.25, 0.3) is 11.3 Å². The highest BCUT2D eigenvalue weighted by Gasteiger charge is 2.45. The number of aromatic nitrogens is 3. The van der Waals surface area contributed by atoms with E-state index in [-0.39, 0.29) is 30.0 Å². The summed E-state index contributed by atoms with van der Waals surface area (Å²) in [6, 6.07) is 3.62. The second-order valence-corrected chi connectivity index (χ2v) is 8.56. The van der Waals surface area contributed by atoms with Gasteiger partial charge in [-0.1, -0.05) is 11.3 Å². The molecule has 2 fully saturated rings. The van der Waals surface area contributed by atoms with Crippen LogP contribution in [0.2, 0.25) is 0 Å². The number of piperidine rings is 1. The lowest BCUT2D eigenvalue weighted by atomic mass is 10.0. The van der Waals surface area contributed by atoms with Crippen molar-refractivity contribution in [2.45, 2.75) is 56.7 Å². The van der Waals surface area contributed by atoms with Gasteiger partial charge in [0, 0.05) is 12.0 Å². The lowest BCUT2D eigenvalue weighted by molar-refractivity contribution is -0.136. The lowest BCUT2D eigenvalue weighted by Crippen LogP contribution is -2.54. The summed E-state index contributed by atoms with van der Waals surface area (Å²) in [6.07, 6.45) is 4.30. The van der Waals surface area contributed by atoms with E-state index >= 15 is 0 Å². The molecule has 0 bridgehead atoms. The average Bonchev–Trinajstić information content (AvgIpc) is 3.40. The molecule has 0 spiro atoms. The van der Waals surface area contributed by atoms with Crippen LogP contribution in [0.4, 0.5) is 0 Å². The number of hydrogen-bond acceptors (Lipinski definition) is 7. The number of amides is 4. The van der Waals surface area contributed by atoms with E-state index in [1.165, 1.54) is 0 Å². The number of hydrogen-bond donors (Lipinski definition) is 2. The summed E-state index contributed by atoms with van der Waals surface area (Å²) in [6.45, 7) is 1.79. The molecule has 2 aromatic rings. The van der Waals surface area contributed by atoms with Crippen molar-refractivity contribution >= 4 is 23.6 Å². The van der Waals surface area contributed by atoms with Gasteiger partial charge < -0.3 is 5.11 Å². The van der Waals surface area contributed by atoms with Gasteiger partial charge in [-0.15, -0.1) is 5.10 Å². The third-order valence-electron chi connectivity index (χ3n) is 6.44. The molecule has 1 saturated heterocycles. The molecule has 2 aliphatic heterocycles. The Morgan fingerprint density at radius 1 is 1.13 bits per heavy atom. The highest BCUT2D eigenvalue weighted by atomic mass is 16.3. The fourth-order valence-electron chi connectivity index (χ4n) is 4.74. The molecule has 31 heavy (non-hydrogen) atoms. The number of benzene rings is 1. The van der Waals surface area contributed by atoms with Gasteiger partial charge in [0.05, 0.1) is 29.0 Å². The molecule has 160 valence electrons. The zero-order chi connectivity index (χ0) is 21.9.